The van der Waals surface area contributed by atoms with Crippen LogP contribution in [-0.2, 0) is 0 Å². The van der Waals surface area contributed by atoms with Crippen molar-refractivity contribution in [3.8, 4) is 6.07 Å². The second-order valence-electron chi connectivity index (χ2n) is 4.64. The molecule has 1 aliphatic carbocycles. The van der Waals surface area contributed by atoms with E-state index >= 15 is 0 Å². The lowest BCUT2D eigenvalue weighted by atomic mass is 9.85. The van der Waals surface area contributed by atoms with E-state index in [4.69, 9.17) is 16.9 Å². The molecule has 18 heavy (non-hydrogen) atoms. The fourth-order valence-corrected chi connectivity index (χ4v) is 2.62. The molecule has 0 unspecified atom stereocenters. The molecule has 0 amide bonds. The van der Waals surface area contributed by atoms with Crippen LogP contribution in [0.1, 0.15) is 31.2 Å². The average Bonchev–Trinajstić information content (AvgIpc) is 2.41. The molecule has 0 spiro atoms. The number of nitrogens with one attached hydrogen (secondary N) is 1. The Balaban J connectivity index is 2.10. The van der Waals surface area contributed by atoms with Gasteiger partial charge in [-0.15, -0.1) is 0 Å². The number of rotatable bonds is 3. The molecule has 1 heterocycles. The zero-order valence-corrected chi connectivity index (χ0v) is 10.8. The Morgan fingerprint density at radius 3 is 2.94 bits per heavy atom. The number of pyridine rings is 1. The third-order valence-corrected chi connectivity index (χ3v) is 3.72. The predicted octanol–water partition coefficient (Wildman–Crippen LogP) is 2.57. The maximum absolute atomic E-state index is 9.35. The minimum atomic E-state index is 0.186. The summed E-state index contributed by atoms with van der Waals surface area (Å²) in [6, 6.07) is 3.82. The Kier molecular flexibility index (Phi) is 4.40. The van der Waals surface area contributed by atoms with Gasteiger partial charge in [-0.25, -0.2) is 4.98 Å². The Morgan fingerprint density at radius 2 is 2.28 bits per heavy atom. The van der Waals surface area contributed by atoms with Crippen LogP contribution in [0.25, 0.3) is 0 Å². The van der Waals surface area contributed by atoms with Crippen molar-refractivity contribution in [2.24, 2.45) is 5.92 Å². The first-order valence-corrected chi connectivity index (χ1v) is 6.55. The lowest BCUT2D eigenvalue weighted by Gasteiger charge is -2.31. The standard InChI is InChI=1S/C13H16ClN3O/c14-11-5-9(6-15)7-16-13(11)17-12-4-2-1-3-10(12)8-18/h5,7,10,12,18H,1-4,8H2,(H,16,17)/t10-,12-/m1/s1. The van der Waals surface area contributed by atoms with Crippen LogP contribution in [0.2, 0.25) is 5.02 Å². The maximum atomic E-state index is 9.35. The minimum Gasteiger partial charge on any atom is -0.396 e. The van der Waals surface area contributed by atoms with Crippen molar-refractivity contribution in [3.63, 3.8) is 0 Å². The minimum absolute atomic E-state index is 0.186. The molecule has 0 bridgehead atoms. The van der Waals surface area contributed by atoms with Crippen LogP contribution < -0.4 is 5.32 Å². The van der Waals surface area contributed by atoms with E-state index in [9.17, 15) is 5.11 Å². The molecule has 0 aliphatic heterocycles. The fourth-order valence-electron chi connectivity index (χ4n) is 2.40. The number of nitrogens with zero attached hydrogens (tertiary/aromatic N) is 2. The van der Waals surface area contributed by atoms with Gasteiger partial charge in [-0.05, 0) is 18.9 Å². The van der Waals surface area contributed by atoms with Gasteiger partial charge in [0.25, 0.3) is 0 Å². The third-order valence-electron chi connectivity index (χ3n) is 3.44. The number of aliphatic hydroxyl groups excluding tert-OH is 1. The highest BCUT2D eigenvalue weighted by Gasteiger charge is 2.25. The maximum Gasteiger partial charge on any atom is 0.145 e. The van der Waals surface area contributed by atoms with Gasteiger partial charge in [0, 0.05) is 24.8 Å². The monoisotopic (exact) mass is 265 g/mol. The molecule has 1 saturated carbocycles. The quantitative estimate of drug-likeness (QED) is 0.881. The van der Waals surface area contributed by atoms with E-state index in [0.717, 1.165) is 25.7 Å². The molecular weight excluding hydrogens is 250 g/mol. The smallest absolute Gasteiger partial charge is 0.145 e. The fraction of sp³-hybridized carbons (Fsp3) is 0.538. The van der Waals surface area contributed by atoms with Gasteiger partial charge in [0.2, 0.25) is 0 Å². The molecule has 1 aromatic heterocycles. The number of nitriles is 1. The largest absolute Gasteiger partial charge is 0.396 e. The summed E-state index contributed by atoms with van der Waals surface area (Å²) in [4.78, 5) is 4.16. The normalized spacial score (nSPS) is 23.4. The van der Waals surface area contributed by atoms with E-state index in [1.165, 1.54) is 6.20 Å². The van der Waals surface area contributed by atoms with E-state index in [1.54, 1.807) is 6.07 Å². The molecule has 2 N–H and O–H groups in total. The molecule has 0 aromatic carbocycles. The topological polar surface area (TPSA) is 68.9 Å². The Hall–Kier alpha value is -1.31. The molecule has 1 fully saturated rings. The van der Waals surface area contributed by atoms with E-state index in [0.29, 0.717) is 16.4 Å². The lowest BCUT2D eigenvalue weighted by Crippen LogP contribution is -2.34. The van der Waals surface area contributed by atoms with E-state index in [1.807, 2.05) is 6.07 Å². The number of halogens is 1. The summed E-state index contributed by atoms with van der Waals surface area (Å²) in [5, 5.41) is 21.9. The van der Waals surface area contributed by atoms with Crippen molar-refractivity contribution in [1.82, 2.24) is 4.98 Å². The molecular formula is C13H16ClN3O. The van der Waals surface area contributed by atoms with Crippen LogP contribution in [0, 0.1) is 17.2 Å². The molecule has 4 nitrogen and oxygen atoms in total. The van der Waals surface area contributed by atoms with Crippen LogP contribution in [-0.4, -0.2) is 22.7 Å². The van der Waals surface area contributed by atoms with Crippen molar-refractivity contribution in [2.45, 2.75) is 31.7 Å². The molecule has 2 rings (SSSR count). The van der Waals surface area contributed by atoms with Crippen molar-refractivity contribution in [3.05, 3.63) is 22.8 Å². The van der Waals surface area contributed by atoms with Crippen LogP contribution in [0.4, 0.5) is 5.82 Å². The summed E-state index contributed by atoms with van der Waals surface area (Å²) in [7, 11) is 0. The zero-order valence-electron chi connectivity index (χ0n) is 10.1. The number of aromatic nitrogens is 1. The Labute approximate surface area is 112 Å². The SMILES string of the molecule is N#Cc1cnc(N[C@@H]2CCCC[C@@H]2CO)c(Cl)c1. The zero-order chi connectivity index (χ0) is 13.0. The van der Waals surface area contributed by atoms with E-state index < -0.39 is 0 Å². The lowest BCUT2D eigenvalue weighted by molar-refractivity contribution is 0.178. The summed E-state index contributed by atoms with van der Waals surface area (Å²) < 4.78 is 0. The molecule has 1 aliphatic rings. The van der Waals surface area contributed by atoms with Gasteiger partial charge in [0.1, 0.15) is 11.9 Å². The molecule has 2 atom stereocenters. The molecule has 0 radical (unpaired) electrons. The van der Waals surface area contributed by atoms with Gasteiger partial charge >= 0.3 is 0 Å². The highest BCUT2D eigenvalue weighted by Crippen LogP contribution is 2.29. The van der Waals surface area contributed by atoms with Crippen LogP contribution in [0.15, 0.2) is 12.3 Å². The highest BCUT2D eigenvalue weighted by molar-refractivity contribution is 6.33. The second-order valence-corrected chi connectivity index (χ2v) is 5.05. The summed E-state index contributed by atoms with van der Waals surface area (Å²) >= 11 is 6.08. The van der Waals surface area contributed by atoms with Gasteiger partial charge in [-0.3, -0.25) is 0 Å². The van der Waals surface area contributed by atoms with Crippen molar-refractivity contribution < 1.29 is 5.11 Å². The van der Waals surface area contributed by atoms with Gasteiger partial charge in [0.05, 0.1) is 10.6 Å². The first-order chi connectivity index (χ1) is 8.74. The summed E-state index contributed by atoms with van der Waals surface area (Å²) in [6.45, 7) is 0.186. The first kappa shape index (κ1) is 13.1. The van der Waals surface area contributed by atoms with Gasteiger partial charge in [-0.2, -0.15) is 5.26 Å². The Bertz CT molecular complexity index is 458. The van der Waals surface area contributed by atoms with Gasteiger partial charge < -0.3 is 10.4 Å². The summed E-state index contributed by atoms with van der Waals surface area (Å²) in [5.41, 5.74) is 0.452. The van der Waals surface area contributed by atoms with Crippen molar-refractivity contribution in [2.75, 3.05) is 11.9 Å². The number of hydrogen-bond acceptors (Lipinski definition) is 4. The van der Waals surface area contributed by atoms with E-state index in [-0.39, 0.29) is 18.6 Å². The van der Waals surface area contributed by atoms with Crippen LogP contribution in [0.3, 0.4) is 0 Å². The molecule has 1 aromatic rings. The van der Waals surface area contributed by atoms with Crippen molar-refractivity contribution >= 4 is 17.4 Å². The van der Waals surface area contributed by atoms with Gasteiger partial charge in [0.15, 0.2) is 0 Å². The molecule has 5 heteroatoms. The number of anilines is 1. The molecule has 0 saturated heterocycles. The van der Waals surface area contributed by atoms with Crippen molar-refractivity contribution in [1.29, 1.82) is 5.26 Å². The van der Waals surface area contributed by atoms with Crippen LogP contribution >= 0.6 is 11.6 Å². The third kappa shape index (κ3) is 2.92. The Morgan fingerprint density at radius 1 is 1.50 bits per heavy atom. The number of hydrogen-bond donors (Lipinski definition) is 2. The molecule has 96 valence electrons. The van der Waals surface area contributed by atoms with Gasteiger partial charge in [-0.1, -0.05) is 24.4 Å². The number of aliphatic hydroxyl groups is 1. The first-order valence-electron chi connectivity index (χ1n) is 6.17. The average molecular weight is 266 g/mol. The van der Waals surface area contributed by atoms with E-state index in [2.05, 4.69) is 10.3 Å². The predicted molar refractivity (Wildman–Crippen MR) is 70.4 cm³/mol. The van der Waals surface area contributed by atoms with Crippen LogP contribution in [0.5, 0.6) is 0 Å². The summed E-state index contributed by atoms with van der Waals surface area (Å²) in [5.74, 6) is 0.855. The highest BCUT2D eigenvalue weighted by atomic mass is 35.5. The summed E-state index contributed by atoms with van der Waals surface area (Å²) in [6.07, 6.45) is 5.87. The second kappa shape index (κ2) is 6.03.